The van der Waals surface area contributed by atoms with Gasteiger partial charge in [0.15, 0.2) is 0 Å². The molecule has 0 spiro atoms. The van der Waals surface area contributed by atoms with Crippen LogP contribution in [-0.4, -0.2) is 11.8 Å². The monoisotopic (exact) mass is 442 g/mol. The van der Waals surface area contributed by atoms with E-state index in [1.165, 1.54) is 0 Å². The lowest BCUT2D eigenvalue weighted by atomic mass is 10.1. The Hall–Kier alpha value is -2.67. The first-order chi connectivity index (χ1) is 12.1. The number of halogens is 1. The summed E-state index contributed by atoms with van der Waals surface area (Å²) in [4.78, 5) is 24.7. The molecule has 2 amide bonds. The van der Waals surface area contributed by atoms with Gasteiger partial charge in [-0.25, -0.2) is 0 Å². The van der Waals surface area contributed by atoms with Crippen LogP contribution in [0.15, 0.2) is 78.9 Å². The third-order valence-electron chi connectivity index (χ3n) is 3.50. The average molecular weight is 442 g/mol. The number of anilines is 2. The van der Waals surface area contributed by atoms with Gasteiger partial charge in [0, 0.05) is 26.1 Å². The first kappa shape index (κ1) is 17.2. The first-order valence-corrected chi connectivity index (χ1v) is 8.73. The van der Waals surface area contributed by atoms with E-state index < -0.39 is 0 Å². The fourth-order valence-corrected chi connectivity index (χ4v) is 2.84. The van der Waals surface area contributed by atoms with Crippen LogP contribution < -0.4 is 10.6 Å². The van der Waals surface area contributed by atoms with Crippen molar-refractivity contribution in [1.29, 1.82) is 0 Å². The molecule has 0 heterocycles. The zero-order valence-electron chi connectivity index (χ0n) is 13.2. The molecule has 0 saturated heterocycles. The minimum Gasteiger partial charge on any atom is -0.322 e. The van der Waals surface area contributed by atoms with E-state index in [9.17, 15) is 9.59 Å². The summed E-state index contributed by atoms with van der Waals surface area (Å²) in [6, 6.07) is 23.4. The number of hydrogen-bond acceptors (Lipinski definition) is 2. The molecule has 0 aliphatic rings. The van der Waals surface area contributed by atoms with Crippen LogP contribution >= 0.6 is 22.6 Å². The summed E-state index contributed by atoms with van der Waals surface area (Å²) in [7, 11) is 0. The fourth-order valence-electron chi connectivity index (χ4n) is 2.30. The Labute approximate surface area is 159 Å². The second-order valence-corrected chi connectivity index (χ2v) is 6.61. The lowest BCUT2D eigenvalue weighted by molar-refractivity contribution is 0.101. The zero-order valence-corrected chi connectivity index (χ0v) is 15.4. The van der Waals surface area contributed by atoms with Crippen molar-refractivity contribution in [2.45, 2.75) is 0 Å². The largest absolute Gasteiger partial charge is 0.322 e. The molecule has 0 saturated carbocycles. The Morgan fingerprint density at radius 3 is 1.88 bits per heavy atom. The zero-order chi connectivity index (χ0) is 17.6. The Morgan fingerprint density at radius 1 is 0.640 bits per heavy atom. The van der Waals surface area contributed by atoms with Crippen molar-refractivity contribution in [3.63, 3.8) is 0 Å². The van der Waals surface area contributed by atoms with Crippen molar-refractivity contribution in [2.75, 3.05) is 10.6 Å². The van der Waals surface area contributed by atoms with E-state index in [0.717, 1.165) is 9.26 Å². The summed E-state index contributed by atoms with van der Waals surface area (Å²) in [5, 5.41) is 5.65. The van der Waals surface area contributed by atoms with Gasteiger partial charge in [-0.15, -0.1) is 0 Å². The fraction of sp³-hybridized carbons (Fsp3) is 0. The van der Waals surface area contributed by atoms with Gasteiger partial charge in [0.1, 0.15) is 0 Å². The molecule has 3 aromatic rings. The van der Waals surface area contributed by atoms with Gasteiger partial charge < -0.3 is 10.6 Å². The van der Waals surface area contributed by atoms with Gasteiger partial charge in [-0.1, -0.05) is 30.3 Å². The van der Waals surface area contributed by atoms with Gasteiger partial charge in [0.05, 0.1) is 0 Å². The minimum atomic E-state index is -0.225. The van der Waals surface area contributed by atoms with E-state index in [2.05, 4.69) is 33.2 Å². The van der Waals surface area contributed by atoms with E-state index >= 15 is 0 Å². The molecule has 0 aliphatic heterocycles. The van der Waals surface area contributed by atoms with E-state index in [4.69, 9.17) is 0 Å². The summed E-state index contributed by atoms with van der Waals surface area (Å²) in [6.07, 6.45) is 0. The molecule has 25 heavy (non-hydrogen) atoms. The highest BCUT2D eigenvalue weighted by molar-refractivity contribution is 14.1. The summed E-state index contributed by atoms with van der Waals surface area (Å²) in [6.45, 7) is 0. The molecule has 2 N–H and O–H groups in total. The number of para-hydroxylation sites is 1. The average Bonchev–Trinajstić information content (AvgIpc) is 2.63. The number of hydrogen-bond donors (Lipinski definition) is 2. The van der Waals surface area contributed by atoms with Crippen molar-refractivity contribution >= 4 is 45.8 Å². The van der Waals surface area contributed by atoms with Crippen LogP contribution in [0.1, 0.15) is 20.7 Å². The standard InChI is InChI=1S/C20H15IN2O2/c21-16-8-4-6-14(12-16)19(24)23-18-11-5-7-15(13-18)20(25)22-17-9-2-1-3-10-17/h1-13H,(H,22,25)(H,23,24). The molecule has 4 nitrogen and oxygen atoms in total. The maximum atomic E-state index is 12.3. The van der Waals surface area contributed by atoms with Crippen molar-refractivity contribution in [1.82, 2.24) is 0 Å². The summed E-state index contributed by atoms with van der Waals surface area (Å²) in [5.41, 5.74) is 2.35. The lowest BCUT2D eigenvalue weighted by Crippen LogP contribution is -2.14. The van der Waals surface area contributed by atoms with Crippen LogP contribution in [0.2, 0.25) is 0 Å². The molecule has 5 heteroatoms. The van der Waals surface area contributed by atoms with Gasteiger partial charge in [-0.3, -0.25) is 9.59 Å². The van der Waals surface area contributed by atoms with Crippen LogP contribution in [0.4, 0.5) is 11.4 Å². The van der Waals surface area contributed by atoms with E-state index in [-0.39, 0.29) is 11.8 Å². The van der Waals surface area contributed by atoms with Crippen LogP contribution in [0, 0.1) is 3.57 Å². The number of carbonyl (C=O) groups excluding carboxylic acids is 2. The number of amides is 2. The Morgan fingerprint density at radius 2 is 1.20 bits per heavy atom. The number of benzene rings is 3. The van der Waals surface area contributed by atoms with Crippen molar-refractivity contribution in [3.05, 3.63) is 93.6 Å². The van der Waals surface area contributed by atoms with E-state index in [1.807, 2.05) is 48.5 Å². The van der Waals surface area contributed by atoms with Gasteiger partial charge in [0.2, 0.25) is 0 Å². The van der Waals surface area contributed by atoms with E-state index in [0.29, 0.717) is 16.8 Å². The second-order valence-electron chi connectivity index (χ2n) is 5.37. The predicted octanol–water partition coefficient (Wildman–Crippen LogP) is 4.80. The maximum Gasteiger partial charge on any atom is 0.255 e. The highest BCUT2D eigenvalue weighted by Gasteiger charge is 2.10. The highest BCUT2D eigenvalue weighted by Crippen LogP contribution is 2.15. The van der Waals surface area contributed by atoms with Gasteiger partial charge in [0.25, 0.3) is 11.8 Å². The Balaban J connectivity index is 1.73. The first-order valence-electron chi connectivity index (χ1n) is 7.65. The summed E-state index contributed by atoms with van der Waals surface area (Å²) < 4.78 is 0.987. The quantitative estimate of drug-likeness (QED) is 0.571. The number of nitrogens with one attached hydrogen (secondary N) is 2. The Kier molecular flexibility index (Phi) is 5.45. The normalized spacial score (nSPS) is 10.1. The third kappa shape index (κ3) is 4.67. The third-order valence-corrected chi connectivity index (χ3v) is 4.17. The van der Waals surface area contributed by atoms with Crippen molar-refractivity contribution < 1.29 is 9.59 Å². The molecule has 0 atom stereocenters. The molecule has 0 bridgehead atoms. The number of carbonyl (C=O) groups is 2. The van der Waals surface area contributed by atoms with Gasteiger partial charge in [-0.05, 0) is 71.1 Å². The lowest BCUT2D eigenvalue weighted by Gasteiger charge is -2.09. The molecule has 124 valence electrons. The molecular weight excluding hydrogens is 427 g/mol. The van der Waals surface area contributed by atoms with Crippen LogP contribution in [0.3, 0.4) is 0 Å². The van der Waals surface area contributed by atoms with E-state index in [1.54, 1.807) is 30.3 Å². The van der Waals surface area contributed by atoms with Crippen LogP contribution in [-0.2, 0) is 0 Å². The molecule has 0 unspecified atom stereocenters. The molecule has 0 radical (unpaired) electrons. The van der Waals surface area contributed by atoms with Crippen LogP contribution in [0.5, 0.6) is 0 Å². The molecule has 3 rings (SSSR count). The maximum absolute atomic E-state index is 12.3. The van der Waals surface area contributed by atoms with Crippen molar-refractivity contribution in [2.24, 2.45) is 0 Å². The molecular formula is C20H15IN2O2. The Bertz CT molecular complexity index is 910. The number of rotatable bonds is 4. The molecule has 0 fully saturated rings. The van der Waals surface area contributed by atoms with Gasteiger partial charge >= 0.3 is 0 Å². The SMILES string of the molecule is O=C(Nc1cccc(C(=O)Nc2ccccc2)c1)c1cccc(I)c1. The van der Waals surface area contributed by atoms with Gasteiger partial charge in [-0.2, -0.15) is 0 Å². The summed E-state index contributed by atoms with van der Waals surface area (Å²) in [5.74, 6) is -0.435. The van der Waals surface area contributed by atoms with Crippen LogP contribution in [0.25, 0.3) is 0 Å². The predicted molar refractivity (Wildman–Crippen MR) is 108 cm³/mol. The second kappa shape index (κ2) is 7.94. The molecule has 0 aromatic heterocycles. The molecule has 3 aromatic carbocycles. The molecule has 0 aliphatic carbocycles. The minimum absolute atomic E-state index is 0.209. The van der Waals surface area contributed by atoms with Crippen molar-refractivity contribution in [3.8, 4) is 0 Å². The topological polar surface area (TPSA) is 58.2 Å². The highest BCUT2D eigenvalue weighted by atomic mass is 127. The smallest absolute Gasteiger partial charge is 0.255 e. The summed E-state index contributed by atoms with van der Waals surface area (Å²) >= 11 is 2.16.